The molecule has 0 saturated heterocycles. The van der Waals surface area contributed by atoms with E-state index >= 15 is 0 Å². The van der Waals surface area contributed by atoms with Crippen molar-refractivity contribution in [2.75, 3.05) is 0 Å². The average molecular weight is 242 g/mol. The van der Waals surface area contributed by atoms with Crippen LogP contribution in [0.5, 0.6) is 0 Å². The molecule has 0 heterocycles. The van der Waals surface area contributed by atoms with E-state index in [1.54, 1.807) is 0 Å². The van der Waals surface area contributed by atoms with Gasteiger partial charge in [0, 0.05) is 11.6 Å². The number of hydrogen-bond donors (Lipinski definition) is 2. The Morgan fingerprint density at radius 1 is 1.06 bits per heavy atom. The van der Waals surface area contributed by atoms with Gasteiger partial charge in [0.1, 0.15) is 0 Å². The molecule has 2 nitrogen and oxygen atoms in total. The van der Waals surface area contributed by atoms with Crippen LogP contribution in [0, 0.1) is 0 Å². The second-order valence-corrected chi connectivity index (χ2v) is 5.70. The minimum absolute atomic E-state index is 0.0546. The SMILES string of the molecule is CC(C)(N)CCC(N)c1cccc2ccccc12. The summed E-state index contributed by atoms with van der Waals surface area (Å²) in [6, 6.07) is 14.8. The Morgan fingerprint density at radius 2 is 1.72 bits per heavy atom. The number of rotatable bonds is 4. The Labute approximate surface area is 109 Å². The standard InChI is InChI=1S/C16H22N2/c1-16(2,18)11-10-15(17)14-9-5-7-12-6-3-4-8-13(12)14/h3-9,15H,10-11,17-18H2,1-2H3. The maximum absolute atomic E-state index is 6.31. The fourth-order valence-electron chi connectivity index (χ4n) is 2.26. The third-order valence-corrected chi connectivity index (χ3v) is 3.32. The quantitative estimate of drug-likeness (QED) is 0.863. The summed E-state index contributed by atoms with van der Waals surface area (Å²) in [6.45, 7) is 4.09. The van der Waals surface area contributed by atoms with Crippen LogP contribution in [0.15, 0.2) is 42.5 Å². The molecule has 0 bridgehead atoms. The Morgan fingerprint density at radius 3 is 2.44 bits per heavy atom. The summed E-state index contributed by atoms with van der Waals surface area (Å²) in [7, 11) is 0. The van der Waals surface area contributed by atoms with E-state index in [0.29, 0.717) is 0 Å². The average Bonchev–Trinajstić information content (AvgIpc) is 2.34. The van der Waals surface area contributed by atoms with Crippen LogP contribution in [0.4, 0.5) is 0 Å². The van der Waals surface area contributed by atoms with Gasteiger partial charge in [0.05, 0.1) is 0 Å². The predicted molar refractivity (Wildman–Crippen MR) is 78.4 cm³/mol. The van der Waals surface area contributed by atoms with Gasteiger partial charge in [0.25, 0.3) is 0 Å². The summed E-state index contributed by atoms with van der Waals surface area (Å²) in [6.07, 6.45) is 1.84. The van der Waals surface area contributed by atoms with E-state index in [0.717, 1.165) is 12.8 Å². The maximum Gasteiger partial charge on any atom is 0.0301 e. The predicted octanol–water partition coefficient (Wildman–Crippen LogP) is 3.36. The Kier molecular flexibility index (Phi) is 3.69. The number of benzene rings is 2. The molecular formula is C16H22N2. The van der Waals surface area contributed by atoms with Crippen LogP contribution in [0.2, 0.25) is 0 Å². The van der Waals surface area contributed by atoms with Gasteiger partial charge in [-0.05, 0) is 43.0 Å². The first kappa shape index (κ1) is 13.1. The van der Waals surface area contributed by atoms with E-state index in [1.165, 1.54) is 16.3 Å². The number of nitrogens with two attached hydrogens (primary N) is 2. The first-order valence-corrected chi connectivity index (χ1v) is 6.49. The lowest BCUT2D eigenvalue weighted by molar-refractivity contribution is 0.434. The monoisotopic (exact) mass is 242 g/mol. The second kappa shape index (κ2) is 5.09. The molecule has 0 spiro atoms. The molecule has 0 aliphatic carbocycles. The Balaban J connectivity index is 2.25. The first-order valence-electron chi connectivity index (χ1n) is 6.49. The summed E-state index contributed by atoms with van der Waals surface area (Å²) >= 11 is 0. The summed E-state index contributed by atoms with van der Waals surface area (Å²) < 4.78 is 0. The van der Waals surface area contributed by atoms with E-state index < -0.39 is 0 Å². The smallest absolute Gasteiger partial charge is 0.0301 e. The van der Waals surface area contributed by atoms with Gasteiger partial charge in [-0.3, -0.25) is 0 Å². The molecule has 0 fully saturated rings. The van der Waals surface area contributed by atoms with Gasteiger partial charge >= 0.3 is 0 Å². The third kappa shape index (κ3) is 3.09. The summed E-state index contributed by atoms with van der Waals surface area (Å²) in [4.78, 5) is 0. The van der Waals surface area contributed by atoms with Gasteiger partial charge in [0.2, 0.25) is 0 Å². The molecule has 0 aliphatic rings. The van der Waals surface area contributed by atoms with Crippen LogP contribution >= 0.6 is 0 Å². The highest BCUT2D eigenvalue weighted by molar-refractivity contribution is 5.86. The Hall–Kier alpha value is -1.38. The molecule has 0 saturated carbocycles. The van der Waals surface area contributed by atoms with Crippen LogP contribution in [0.25, 0.3) is 10.8 Å². The molecule has 1 atom stereocenters. The van der Waals surface area contributed by atoms with E-state index in [9.17, 15) is 0 Å². The van der Waals surface area contributed by atoms with Gasteiger partial charge in [-0.1, -0.05) is 42.5 Å². The third-order valence-electron chi connectivity index (χ3n) is 3.32. The van der Waals surface area contributed by atoms with Crippen molar-refractivity contribution in [1.82, 2.24) is 0 Å². The first-order chi connectivity index (χ1) is 8.47. The van der Waals surface area contributed by atoms with Crippen molar-refractivity contribution in [1.29, 1.82) is 0 Å². The van der Waals surface area contributed by atoms with E-state index in [-0.39, 0.29) is 11.6 Å². The molecule has 0 aliphatic heterocycles. The van der Waals surface area contributed by atoms with Crippen molar-refractivity contribution in [3.05, 3.63) is 48.0 Å². The minimum atomic E-state index is -0.151. The normalized spacial score (nSPS) is 13.8. The lowest BCUT2D eigenvalue weighted by Crippen LogP contribution is -2.32. The van der Waals surface area contributed by atoms with Gasteiger partial charge in [0.15, 0.2) is 0 Å². The molecule has 2 heteroatoms. The molecule has 0 amide bonds. The molecule has 96 valence electrons. The molecule has 2 rings (SSSR count). The topological polar surface area (TPSA) is 52.0 Å². The van der Waals surface area contributed by atoms with Crippen molar-refractivity contribution in [3.8, 4) is 0 Å². The van der Waals surface area contributed by atoms with E-state index in [4.69, 9.17) is 11.5 Å². The van der Waals surface area contributed by atoms with Crippen LogP contribution in [-0.4, -0.2) is 5.54 Å². The lowest BCUT2D eigenvalue weighted by atomic mass is 9.91. The number of hydrogen-bond acceptors (Lipinski definition) is 2. The molecule has 0 aromatic heterocycles. The van der Waals surface area contributed by atoms with Crippen molar-refractivity contribution in [2.24, 2.45) is 11.5 Å². The van der Waals surface area contributed by atoms with Crippen LogP contribution < -0.4 is 11.5 Å². The summed E-state index contributed by atoms with van der Waals surface area (Å²) in [5, 5.41) is 2.50. The maximum atomic E-state index is 6.31. The van der Waals surface area contributed by atoms with E-state index in [1.807, 2.05) is 13.8 Å². The zero-order valence-electron chi connectivity index (χ0n) is 11.2. The van der Waals surface area contributed by atoms with Crippen molar-refractivity contribution in [2.45, 2.75) is 38.3 Å². The van der Waals surface area contributed by atoms with Crippen molar-refractivity contribution >= 4 is 10.8 Å². The highest BCUT2D eigenvalue weighted by Crippen LogP contribution is 2.26. The molecule has 1 unspecified atom stereocenters. The molecule has 2 aromatic carbocycles. The largest absolute Gasteiger partial charge is 0.326 e. The lowest BCUT2D eigenvalue weighted by Gasteiger charge is -2.22. The molecule has 18 heavy (non-hydrogen) atoms. The highest BCUT2D eigenvalue weighted by atomic mass is 14.7. The summed E-state index contributed by atoms with van der Waals surface area (Å²) in [5.41, 5.74) is 13.4. The van der Waals surface area contributed by atoms with Crippen LogP contribution in [-0.2, 0) is 0 Å². The van der Waals surface area contributed by atoms with E-state index in [2.05, 4.69) is 42.5 Å². The van der Waals surface area contributed by atoms with Crippen molar-refractivity contribution in [3.63, 3.8) is 0 Å². The van der Waals surface area contributed by atoms with Crippen LogP contribution in [0.1, 0.15) is 38.3 Å². The molecular weight excluding hydrogens is 220 g/mol. The fourth-order valence-corrected chi connectivity index (χ4v) is 2.26. The molecule has 0 radical (unpaired) electrons. The fraction of sp³-hybridized carbons (Fsp3) is 0.375. The zero-order chi connectivity index (χ0) is 13.2. The van der Waals surface area contributed by atoms with Gasteiger partial charge in [-0.15, -0.1) is 0 Å². The second-order valence-electron chi connectivity index (χ2n) is 5.70. The van der Waals surface area contributed by atoms with Gasteiger partial charge in [-0.2, -0.15) is 0 Å². The summed E-state index contributed by atoms with van der Waals surface area (Å²) in [5.74, 6) is 0. The Bertz CT molecular complexity index is 521. The minimum Gasteiger partial charge on any atom is -0.326 e. The van der Waals surface area contributed by atoms with Gasteiger partial charge in [-0.25, -0.2) is 0 Å². The zero-order valence-corrected chi connectivity index (χ0v) is 11.2. The molecule has 2 aromatic rings. The number of fused-ring (bicyclic) bond motifs is 1. The highest BCUT2D eigenvalue weighted by Gasteiger charge is 2.15. The molecule has 4 N–H and O–H groups in total. The van der Waals surface area contributed by atoms with Crippen LogP contribution in [0.3, 0.4) is 0 Å². The van der Waals surface area contributed by atoms with Gasteiger partial charge < -0.3 is 11.5 Å². The van der Waals surface area contributed by atoms with Crippen molar-refractivity contribution < 1.29 is 0 Å².